The van der Waals surface area contributed by atoms with Crippen LogP contribution in [0.3, 0.4) is 0 Å². The molecule has 1 aliphatic rings. The summed E-state index contributed by atoms with van der Waals surface area (Å²) in [4.78, 5) is 2.34. The van der Waals surface area contributed by atoms with Crippen LogP contribution in [-0.4, -0.2) is 36.7 Å². The van der Waals surface area contributed by atoms with Crippen LogP contribution < -0.4 is 10.2 Å². The van der Waals surface area contributed by atoms with Gasteiger partial charge >= 0.3 is 0 Å². The topological polar surface area (TPSA) is 35.5 Å². The second kappa shape index (κ2) is 5.65. The van der Waals surface area contributed by atoms with E-state index in [1.807, 2.05) is 37.9 Å². The Bertz CT molecular complexity index is 378. The van der Waals surface area contributed by atoms with Gasteiger partial charge in [0.05, 0.1) is 0 Å². The zero-order valence-corrected chi connectivity index (χ0v) is 11.3. The van der Waals surface area contributed by atoms with E-state index in [1.54, 1.807) is 0 Å². The quantitative estimate of drug-likeness (QED) is 0.865. The zero-order valence-electron chi connectivity index (χ0n) is 10.4. The van der Waals surface area contributed by atoms with Crippen LogP contribution in [0.5, 0.6) is 5.75 Å². The molecule has 94 valence electrons. The molecule has 1 aliphatic heterocycles. The Kier molecular flexibility index (Phi) is 4.18. The predicted molar refractivity (Wildman–Crippen MR) is 75.1 cm³/mol. The number of hydrogen-bond donors (Lipinski definition) is 2. The Labute approximate surface area is 107 Å². The van der Waals surface area contributed by atoms with Crippen LogP contribution in [0.2, 0.25) is 0 Å². The first-order valence-corrected chi connectivity index (χ1v) is 7.20. The van der Waals surface area contributed by atoms with Gasteiger partial charge in [0.1, 0.15) is 5.75 Å². The van der Waals surface area contributed by atoms with E-state index in [4.69, 9.17) is 0 Å². The lowest BCUT2D eigenvalue weighted by Crippen LogP contribution is -2.32. The number of aromatic hydroxyl groups is 1. The molecule has 1 fully saturated rings. The molecule has 2 N–H and O–H groups in total. The highest BCUT2D eigenvalue weighted by Gasteiger charge is 2.14. The molecule has 3 nitrogen and oxygen atoms in total. The van der Waals surface area contributed by atoms with E-state index >= 15 is 0 Å². The number of hydrogen-bond acceptors (Lipinski definition) is 4. The maximum atomic E-state index is 10.1. The zero-order chi connectivity index (χ0) is 12.3. The molecule has 0 spiro atoms. The maximum Gasteiger partial charge on any atom is 0.122 e. The van der Waals surface area contributed by atoms with Gasteiger partial charge in [-0.1, -0.05) is 6.07 Å². The number of nitrogens with one attached hydrogen (secondary N) is 1. The van der Waals surface area contributed by atoms with Crippen LogP contribution in [0.25, 0.3) is 0 Å². The van der Waals surface area contributed by atoms with E-state index in [-0.39, 0.29) is 6.04 Å². The number of benzene rings is 1. The first-order valence-electron chi connectivity index (χ1n) is 6.05. The minimum Gasteiger partial charge on any atom is -0.508 e. The standard InChI is InChI=1S/C13H20N2OS/c1-10(14-2)12-4-3-11(9-13(12)16)15-5-7-17-8-6-15/h3-4,9-10,14,16H,5-8H2,1-2H3. The van der Waals surface area contributed by atoms with Crippen LogP contribution in [-0.2, 0) is 0 Å². The van der Waals surface area contributed by atoms with Crippen molar-refractivity contribution in [1.29, 1.82) is 0 Å². The maximum absolute atomic E-state index is 10.1. The van der Waals surface area contributed by atoms with Gasteiger partial charge in [-0.25, -0.2) is 0 Å². The molecule has 0 saturated carbocycles. The lowest BCUT2D eigenvalue weighted by atomic mass is 10.1. The van der Waals surface area contributed by atoms with E-state index in [1.165, 1.54) is 11.5 Å². The summed E-state index contributed by atoms with van der Waals surface area (Å²) in [7, 11) is 1.90. The largest absolute Gasteiger partial charge is 0.508 e. The molecule has 1 atom stereocenters. The highest BCUT2D eigenvalue weighted by Crippen LogP contribution is 2.29. The number of thioether (sulfide) groups is 1. The Morgan fingerprint density at radius 2 is 2.06 bits per heavy atom. The van der Waals surface area contributed by atoms with Crippen molar-refractivity contribution in [3.05, 3.63) is 23.8 Å². The van der Waals surface area contributed by atoms with Gasteiger partial charge in [-0.3, -0.25) is 0 Å². The van der Waals surface area contributed by atoms with Gasteiger partial charge in [0.15, 0.2) is 0 Å². The summed E-state index contributed by atoms with van der Waals surface area (Å²) in [5.41, 5.74) is 2.09. The smallest absolute Gasteiger partial charge is 0.122 e. The highest BCUT2D eigenvalue weighted by molar-refractivity contribution is 7.99. The van der Waals surface area contributed by atoms with Gasteiger partial charge in [-0.05, 0) is 20.0 Å². The minimum atomic E-state index is 0.181. The van der Waals surface area contributed by atoms with Crippen molar-refractivity contribution in [3.8, 4) is 5.75 Å². The third-order valence-electron chi connectivity index (χ3n) is 3.29. The fourth-order valence-electron chi connectivity index (χ4n) is 2.07. The summed E-state index contributed by atoms with van der Waals surface area (Å²) in [5.74, 6) is 2.74. The number of phenolic OH excluding ortho intramolecular Hbond substituents is 1. The van der Waals surface area contributed by atoms with E-state index in [9.17, 15) is 5.11 Å². The third kappa shape index (κ3) is 2.87. The number of nitrogens with zero attached hydrogens (tertiary/aromatic N) is 1. The monoisotopic (exact) mass is 252 g/mol. The van der Waals surface area contributed by atoms with E-state index in [2.05, 4.69) is 16.3 Å². The first kappa shape index (κ1) is 12.6. The van der Waals surface area contributed by atoms with Crippen molar-refractivity contribution in [1.82, 2.24) is 5.32 Å². The van der Waals surface area contributed by atoms with Crippen LogP contribution in [0.15, 0.2) is 18.2 Å². The molecule has 1 unspecified atom stereocenters. The molecular formula is C13H20N2OS. The van der Waals surface area contributed by atoms with Gasteiger partial charge < -0.3 is 15.3 Å². The Hall–Kier alpha value is -0.870. The highest BCUT2D eigenvalue weighted by atomic mass is 32.2. The fraction of sp³-hybridized carbons (Fsp3) is 0.538. The molecule has 17 heavy (non-hydrogen) atoms. The van der Waals surface area contributed by atoms with Gasteiger partial charge in [-0.2, -0.15) is 11.8 Å². The molecule has 0 amide bonds. The van der Waals surface area contributed by atoms with Crippen molar-refractivity contribution in [3.63, 3.8) is 0 Å². The number of phenols is 1. The van der Waals surface area contributed by atoms with Gasteiger partial charge in [0.25, 0.3) is 0 Å². The molecule has 1 saturated heterocycles. The van der Waals surface area contributed by atoms with Crippen LogP contribution in [0.1, 0.15) is 18.5 Å². The van der Waals surface area contributed by atoms with Crippen LogP contribution >= 0.6 is 11.8 Å². The summed E-state index contributed by atoms with van der Waals surface area (Å²) < 4.78 is 0. The lowest BCUT2D eigenvalue weighted by Gasteiger charge is -2.29. The van der Waals surface area contributed by atoms with Crippen molar-refractivity contribution < 1.29 is 5.11 Å². The molecule has 0 bridgehead atoms. The summed E-state index contributed by atoms with van der Waals surface area (Å²) >= 11 is 2.00. The predicted octanol–water partition coefficient (Wildman–Crippen LogP) is 2.23. The molecule has 2 rings (SSSR count). The number of anilines is 1. The summed E-state index contributed by atoms with van der Waals surface area (Å²) in [6.45, 7) is 4.20. The summed E-state index contributed by atoms with van der Waals surface area (Å²) in [6, 6.07) is 6.20. The molecule has 1 aromatic carbocycles. The number of rotatable bonds is 3. The van der Waals surface area contributed by atoms with E-state index < -0.39 is 0 Å². The lowest BCUT2D eigenvalue weighted by molar-refractivity contribution is 0.458. The minimum absolute atomic E-state index is 0.181. The second-order valence-electron chi connectivity index (χ2n) is 4.35. The SMILES string of the molecule is CNC(C)c1ccc(N2CCSCC2)cc1O. The molecule has 0 radical (unpaired) electrons. The Morgan fingerprint density at radius 3 is 2.65 bits per heavy atom. The summed E-state index contributed by atoms with van der Waals surface area (Å²) in [5, 5.41) is 13.2. The molecular weight excluding hydrogens is 232 g/mol. The van der Waals surface area contributed by atoms with Gasteiger partial charge in [0.2, 0.25) is 0 Å². The summed E-state index contributed by atoms with van der Waals surface area (Å²) in [6.07, 6.45) is 0. The van der Waals surface area contributed by atoms with Crippen molar-refractivity contribution in [2.75, 3.05) is 36.5 Å². The van der Waals surface area contributed by atoms with Crippen molar-refractivity contribution in [2.24, 2.45) is 0 Å². The van der Waals surface area contributed by atoms with E-state index in [0.29, 0.717) is 5.75 Å². The molecule has 4 heteroatoms. The molecule has 0 aliphatic carbocycles. The van der Waals surface area contributed by atoms with Crippen LogP contribution in [0.4, 0.5) is 5.69 Å². The normalized spacial score (nSPS) is 18.1. The van der Waals surface area contributed by atoms with E-state index in [0.717, 1.165) is 24.3 Å². The van der Waals surface area contributed by atoms with Gasteiger partial charge in [0, 0.05) is 48.0 Å². The van der Waals surface area contributed by atoms with Gasteiger partial charge in [-0.15, -0.1) is 0 Å². The molecule has 1 aromatic rings. The Morgan fingerprint density at radius 1 is 1.35 bits per heavy atom. The second-order valence-corrected chi connectivity index (χ2v) is 5.58. The first-order chi connectivity index (χ1) is 8.22. The van der Waals surface area contributed by atoms with Crippen molar-refractivity contribution >= 4 is 17.4 Å². The van der Waals surface area contributed by atoms with Crippen LogP contribution in [0, 0.1) is 0 Å². The average Bonchev–Trinajstić information content (AvgIpc) is 2.39. The fourth-order valence-corrected chi connectivity index (χ4v) is 2.98. The third-order valence-corrected chi connectivity index (χ3v) is 4.23. The molecule has 1 heterocycles. The Balaban J connectivity index is 2.17. The van der Waals surface area contributed by atoms with Crippen molar-refractivity contribution in [2.45, 2.75) is 13.0 Å². The average molecular weight is 252 g/mol. The molecule has 0 aromatic heterocycles.